The Morgan fingerprint density at radius 3 is 2.26 bits per heavy atom. The fourth-order valence-corrected chi connectivity index (χ4v) is 4.26. The number of benzene rings is 3. The number of anilines is 2. The van der Waals surface area contributed by atoms with Gasteiger partial charge >= 0.3 is 6.03 Å². The van der Waals surface area contributed by atoms with Gasteiger partial charge in [-0.1, -0.05) is 12.1 Å². The van der Waals surface area contributed by atoms with Crippen LogP contribution in [0.2, 0.25) is 0 Å². The molecule has 3 aromatic carbocycles. The van der Waals surface area contributed by atoms with E-state index in [9.17, 15) is 18.0 Å². The molecule has 0 spiro atoms. The van der Waals surface area contributed by atoms with E-state index in [1.165, 1.54) is 35.4 Å². The Hall–Kier alpha value is -3.33. The number of fused-ring (bicyclic) bond motifs is 1. The molecule has 9 heteroatoms. The van der Waals surface area contributed by atoms with Crippen molar-refractivity contribution in [1.29, 1.82) is 0 Å². The molecule has 5 nitrogen and oxygen atoms in total. The molecule has 1 heterocycles. The molecule has 0 unspecified atom stereocenters. The molecule has 160 valence electrons. The third kappa shape index (κ3) is 3.88. The zero-order chi connectivity index (χ0) is 22.1. The number of nitrogens with zero attached hydrogens (tertiary/aromatic N) is 2. The molecule has 0 aromatic heterocycles. The molecule has 1 aliphatic rings. The molecule has 0 aliphatic carbocycles. The minimum absolute atomic E-state index is 0.399. The maximum absolute atomic E-state index is 14.3. The Morgan fingerprint density at radius 1 is 0.903 bits per heavy atom. The first-order chi connectivity index (χ1) is 14.9. The van der Waals surface area contributed by atoms with Crippen LogP contribution in [-0.2, 0) is 6.54 Å². The van der Waals surface area contributed by atoms with Crippen molar-refractivity contribution in [3.05, 3.63) is 77.6 Å². The molecule has 0 radical (unpaired) electrons. The zero-order valence-electron chi connectivity index (χ0n) is 16.6. The Labute approximate surface area is 181 Å². The summed E-state index contributed by atoms with van der Waals surface area (Å²) < 4.78 is 53.9. The van der Waals surface area contributed by atoms with Gasteiger partial charge in [0.1, 0.15) is 17.5 Å². The fourth-order valence-electron chi connectivity index (χ4n) is 3.26. The number of hydrogen-bond acceptors (Lipinski definition) is 4. The molecule has 2 amide bonds. The number of rotatable bonds is 5. The van der Waals surface area contributed by atoms with Crippen molar-refractivity contribution in [2.75, 3.05) is 23.4 Å². The van der Waals surface area contributed by atoms with Gasteiger partial charge < -0.3 is 9.47 Å². The second kappa shape index (κ2) is 8.43. The Balaban J connectivity index is 1.77. The van der Waals surface area contributed by atoms with Crippen LogP contribution in [-0.4, -0.2) is 20.3 Å². The first kappa shape index (κ1) is 20.9. The zero-order valence-corrected chi connectivity index (χ0v) is 17.4. The monoisotopic (exact) mass is 446 g/mol. The van der Waals surface area contributed by atoms with Crippen LogP contribution in [0.15, 0.2) is 59.5 Å². The summed E-state index contributed by atoms with van der Waals surface area (Å²) in [5.74, 6) is -2.22. The summed E-state index contributed by atoms with van der Waals surface area (Å²) in [5, 5.41) is 0. The van der Waals surface area contributed by atoms with Gasteiger partial charge in [-0.25, -0.2) is 22.3 Å². The molecule has 3 aromatic rings. The minimum atomic E-state index is -1.06. The summed E-state index contributed by atoms with van der Waals surface area (Å²) in [7, 11) is 2.98. The molecule has 4 rings (SSSR count). The van der Waals surface area contributed by atoms with Crippen molar-refractivity contribution in [2.45, 2.75) is 11.4 Å². The molecule has 0 atom stereocenters. The number of hydrogen-bond donors (Lipinski definition) is 0. The highest BCUT2D eigenvalue weighted by molar-refractivity contribution is 8.01. The number of methoxy groups -OCH3 is 2. The standard InChI is InChI=1S/C22H17F3N2O3S/c1-29-19-8-7-14(11-20(19)30-2)27-22(28)26(18-5-3-4-6-21(18)31-27)12-15-16(24)9-13(23)10-17(15)25/h3-11H,12H2,1-2H3. The van der Waals surface area contributed by atoms with E-state index in [0.717, 1.165) is 0 Å². The fraction of sp³-hybridized carbons (Fsp3) is 0.136. The van der Waals surface area contributed by atoms with Gasteiger partial charge in [0.05, 0.1) is 37.0 Å². The summed E-state index contributed by atoms with van der Waals surface area (Å²) in [5.41, 5.74) is 0.591. The lowest BCUT2D eigenvalue weighted by atomic mass is 10.1. The van der Waals surface area contributed by atoms with Crippen LogP contribution in [0, 0.1) is 17.5 Å². The van der Waals surface area contributed by atoms with Crippen LogP contribution >= 0.6 is 11.9 Å². The molecule has 1 aliphatic heterocycles. The second-order valence-corrected chi connectivity index (χ2v) is 7.60. The molecular formula is C22H17F3N2O3S. The van der Waals surface area contributed by atoms with E-state index in [-0.39, 0.29) is 0 Å². The number of amides is 2. The van der Waals surface area contributed by atoms with Gasteiger partial charge in [-0.2, -0.15) is 0 Å². The Morgan fingerprint density at radius 2 is 1.58 bits per heavy atom. The highest BCUT2D eigenvalue weighted by atomic mass is 32.2. The number of para-hydroxylation sites is 1. The highest BCUT2D eigenvalue weighted by Crippen LogP contribution is 2.44. The van der Waals surface area contributed by atoms with Crippen LogP contribution in [0.3, 0.4) is 0 Å². The lowest BCUT2D eigenvalue weighted by Crippen LogP contribution is -2.43. The predicted molar refractivity (Wildman–Crippen MR) is 112 cm³/mol. The van der Waals surface area contributed by atoms with Crippen LogP contribution in [0.25, 0.3) is 0 Å². The number of carbonyl (C=O) groups excluding carboxylic acids is 1. The topological polar surface area (TPSA) is 42.0 Å². The van der Waals surface area contributed by atoms with Crippen LogP contribution in [0.4, 0.5) is 29.3 Å². The average molecular weight is 446 g/mol. The summed E-state index contributed by atoms with van der Waals surface area (Å²) in [6, 6.07) is 12.7. The van der Waals surface area contributed by atoms with Gasteiger partial charge in [0.2, 0.25) is 0 Å². The lowest BCUT2D eigenvalue weighted by Gasteiger charge is -2.36. The normalized spacial score (nSPS) is 13.3. The van der Waals surface area contributed by atoms with Crippen molar-refractivity contribution in [2.24, 2.45) is 0 Å². The van der Waals surface area contributed by atoms with Crippen molar-refractivity contribution < 1.29 is 27.4 Å². The smallest absolute Gasteiger partial charge is 0.339 e. The van der Waals surface area contributed by atoms with Gasteiger partial charge in [-0.15, -0.1) is 0 Å². The third-order valence-corrected chi connectivity index (χ3v) is 5.87. The minimum Gasteiger partial charge on any atom is -0.493 e. The van der Waals surface area contributed by atoms with Crippen LogP contribution < -0.4 is 18.7 Å². The Kier molecular flexibility index (Phi) is 5.69. The van der Waals surface area contributed by atoms with Crippen molar-refractivity contribution in [3.8, 4) is 11.5 Å². The number of urea groups is 1. The summed E-state index contributed by atoms with van der Waals surface area (Å²) >= 11 is 1.17. The molecule has 0 saturated heterocycles. The number of halogens is 3. The van der Waals surface area contributed by atoms with Crippen molar-refractivity contribution in [3.63, 3.8) is 0 Å². The van der Waals surface area contributed by atoms with Gasteiger partial charge in [0.25, 0.3) is 0 Å². The first-order valence-electron chi connectivity index (χ1n) is 9.17. The Bertz CT molecular complexity index is 1140. The van der Waals surface area contributed by atoms with E-state index in [0.29, 0.717) is 39.9 Å². The van der Waals surface area contributed by atoms with Crippen molar-refractivity contribution in [1.82, 2.24) is 0 Å². The quantitative estimate of drug-likeness (QED) is 0.467. The summed E-state index contributed by atoms with van der Waals surface area (Å²) in [6.45, 7) is -0.405. The van der Waals surface area contributed by atoms with Crippen molar-refractivity contribution >= 4 is 29.4 Å². The second-order valence-electron chi connectivity index (χ2n) is 6.61. The van der Waals surface area contributed by atoms with Gasteiger partial charge in [-0.05, 0) is 36.2 Å². The van der Waals surface area contributed by atoms with Crippen LogP contribution in [0.5, 0.6) is 11.5 Å². The van der Waals surface area contributed by atoms with E-state index < -0.39 is 35.6 Å². The molecule has 0 saturated carbocycles. The molecule has 0 bridgehead atoms. The molecule has 31 heavy (non-hydrogen) atoms. The average Bonchev–Trinajstić information content (AvgIpc) is 2.76. The summed E-state index contributed by atoms with van der Waals surface area (Å²) in [4.78, 5) is 15.3. The molecule has 0 fully saturated rings. The van der Waals surface area contributed by atoms with Gasteiger partial charge in [0, 0.05) is 23.8 Å². The predicted octanol–water partition coefficient (Wildman–Crippen LogP) is 5.78. The van der Waals surface area contributed by atoms with E-state index >= 15 is 0 Å². The van der Waals surface area contributed by atoms with E-state index in [1.54, 1.807) is 42.5 Å². The van der Waals surface area contributed by atoms with E-state index in [1.807, 2.05) is 0 Å². The lowest BCUT2D eigenvalue weighted by molar-refractivity contribution is 0.254. The van der Waals surface area contributed by atoms with Gasteiger partial charge in [0.15, 0.2) is 11.5 Å². The molecule has 0 N–H and O–H groups in total. The maximum atomic E-state index is 14.3. The van der Waals surface area contributed by atoms with Crippen LogP contribution in [0.1, 0.15) is 5.56 Å². The first-order valence-corrected chi connectivity index (χ1v) is 9.94. The number of ether oxygens (including phenoxy) is 2. The molecular weight excluding hydrogens is 429 g/mol. The van der Waals surface area contributed by atoms with E-state index in [2.05, 4.69) is 0 Å². The summed E-state index contributed by atoms with van der Waals surface area (Å²) in [6.07, 6.45) is 0. The largest absolute Gasteiger partial charge is 0.493 e. The number of carbonyl (C=O) groups is 1. The SMILES string of the molecule is COc1ccc(N2Sc3ccccc3N(Cc3c(F)cc(F)cc3F)C2=O)cc1OC. The van der Waals surface area contributed by atoms with E-state index in [4.69, 9.17) is 9.47 Å². The highest BCUT2D eigenvalue weighted by Gasteiger charge is 2.34. The van der Waals surface area contributed by atoms with Gasteiger partial charge in [-0.3, -0.25) is 4.90 Å². The maximum Gasteiger partial charge on any atom is 0.339 e. The third-order valence-electron chi connectivity index (χ3n) is 4.77.